The van der Waals surface area contributed by atoms with Crippen molar-refractivity contribution < 1.29 is 36.2 Å². The largest absolute Gasteiger partial charge is 0.478 e. The number of aromatic carboxylic acids is 1. The smallest absolute Gasteiger partial charge is 0.417 e. The minimum atomic E-state index is -5.00. The fourth-order valence-corrected chi connectivity index (χ4v) is 3.08. The van der Waals surface area contributed by atoms with Gasteiger partial charge in [0, 0.05) is 0 Å². The van der Waals surface area contributed by atoms with Gasteiger partial charge in [-0.25, -0.2) is 4.79 Å². The van der Waals surface area contributed by atoms with E-state index in [1.54, 1.807) is 0 Å². The Hall–Kier alpha value is -2.45. The summed E-state index contributed by atoms with van der Waals surface area (Å²) in [5, 5.41) is 8.76. The molecule has 0 fully saturated rings. The van der Waals surface area contributed by atoms with Crippen molar-refractivity contribution in [2.45, 2.75) is 18.3 Å². The molecule has 0 heterocycles. The predicted molar refractivity (Wildman–Crippen MR) is 103 cm³/mol. The molecule has 0 aliphatic rings. The van der Waals surface area contributed by atoms with Gasteiger partial charge in [-0.3, -0.25) is 0 Å². The van der Waals surface area contributed by atoms with Gasteiger partial charge in [-0.1, -0.05) is 54.1 Å². The maximum absolute atomic E-state index is 13.6. The van der Waals surface area contributed by atoms with Gasteiger partial charge in [0.25, 0.3) is 0 Å². The van der Waals surface area contributed by atoms with Gasteiger partial charge in [0.2, 0.25) is 0 Å². The van der Waals surface area contributed by atoms with Crippen LogP contribution >= 0.6 is 23.2 Å². The Labute approximate surface area is 177 Å². The second-order valence-corrected chi connectivity index (χ2v) is 6.88. The molecule has 0 aliphatic heterocycles. The summed E-state index contributed by atoms with van der Waals surface area (Å²) in [5.41, 5.74) is -2.87. The summed E-state index contributed by atoms with van der Waals surface area (Å²) in [4.78, 5) is 11.0. The third-order valence-electron chi connectivity index (χ3n) is 4.07. The van der Waals surface area contributed by atoms with Crippen LogP contribution in [0.5, 0.6) is 0 Å². The van der Waals surface area contributed by atoms with Crippen LogP contribution in [0, 0.1) is 0 Å². The molecule has 1 N–H and O–H groups in total. The van der Waals surface area contributed by atoms with Crippen molar-refractivity contribution >= 4 is 41.3 Å². The quantitative estimate of drug-likeness (QED) is 0.456. The van der Waals surface area contributed by atoms with Crippen LogP contribution in [-0.2, 0) is 6.18 Å². The molecule has 1 unspecified atom stereocenters. The minimum Gasteiger partial charge on any atom is -0.478 e. The number of carboxylic acids is 1. The number of carbonyl (C=O) groups is 1. The molecule has 0 aliphatic carbocycles. The summed E-state index contributed by atoms with van der Waals surface area (Å²) in [7, 11) is 0. The molecule has 2 rings (SSSR count). The number of alkyl halides is 6. The van der Waals surface area contributed by atoms with Gasteiger partial charge < -0.3 is 5.11 Å². The Kier molecular flexibility index (Phi) is 6.94. The molecule has 2 nitrogen and oxygen atoms in total. The zero-order chi connectivity index (χ0) is 22.9. The van der Waals surface area contributed by atoms with Crippen LogP contribution in [0.25, 0.3) is 12.2 Å². The standard InChI is InChI=1S/C20H12Cl2F6O2/c1-2-11-8-12(9-16(21)17(11)22)14(19(23,24)25)6-4-10-3-5-13(18(29)30)15(7-10)20(26,27)28/h2-9,14H,1H2,(H,29,30). The fourth-order valence-electron chi connectivity index (χ4n) is 2.66. The first-order chi connectivity index (χ1) is 13.8. The first kappa shape index (κ1) is 23.8. The average Bonchev–Trinajstić information content (AvgIpc) is 2.62. The molecule has 0 spiro atoms. The predicted octanol–water partition coefficient (Wildman–Crippen LogP) is 7.71. The van der Waals surface area contributed by atoms with E-state index in [2.05, 4.69) is 6.58 Å². The number of hydrogen-bond acceptors (Lipinski definition) is 1. The van der Waals surface area contributed by atoms with Gasteiger partial charge in [-0.2, -0.15) is 26.3 Å². The Bertz CT molecular complexity index is 1010. The Balaban J connectivity index is 2.55. The molecule has 0 bridgehead atoms. The number of rotatable bonds is 5. The SMILES string of the molecule is C=Cc1cc(C(C=Cc2ccc(C(=O)O)c(C(F)(F)F)c2)C(F)(F)F)cc(Cl)c1Cl. The van der Waals surface area contributed by atoms with E-state index in [1.807, 2.05) is 0 Å². The summed E-state index contributed by atoms with van der Waals surface area (Å²) in [6.45, 7) is 3.45. The van der Waals surface area contributed by atoms with Crippen LogP contribution in [0.1, 0.15) is 38.5 Å². The summed E-state index contributed by atoms with van der Waals surface area (Å²) in [6.07, 6.45) is -7.09. The van der Waals surface area contributed by atoms with Crippen molar-refractivity contribution in [1.82, 2.24) is 0 Å². The van der Waals surface area contributed by atoms with Crippen molar-refractivity contribution in [3.8, 4) is 0 Å². The number of halogens is 8. The van der Waals surface area contributed by atoms with E-state index >= 15 is 0 Å². The molecular formula is C20H12Cl2F6O2. The molecule has 160 valence electrons. The monoisotopic (exact) mass is 468 g/mol. The Morgan fingerprint density at radius 1 is 1.07 bits per heavy atom. The molecule has 0 aromatic heterocycles. The van der Waals surface area contributed by atoms with Crippen LogP contribution in [0.4, 0.5) is 26.3 Å². The first-order valence-corrected chi connectivity index (χ1v) is 8.82. The molecule has 2 aromatic rings. The van der Waals surface area contributed by atoms with Crippen molar-refractivity contribution in [3.63, 3.8) is 0 Å². The highest BCUT2D eigenvalue weighted by atomic mass is 35.5. The maximum atomic E-state index is 13.6. The van der Waals surface area contributed by atoms with Crippen LogP contribution < -0.4 is 0 Å². The molecule has 30 heavy (non-hydrogen) atoms. The number of allylic oxidation sites excluding steroid dienone is 1. The average molecular weight is 469 g/mol. The van der Waals surface area contributed by atoms with Gasteiger partial charge >= 0.3 is 18.3 Å². The summed E-state index contributed by atoms with van der Waals surface area (Å²) in [5.74, 6) is -4.02. The van der Waals surface area contributed by atoms with Gasteiger partial charge in [0.15, 0.2) is 0 Å². The molecule has 10 heteroatoms. The highest BCUT2D eigenvalue weighted by Crippen LogP contribution is 2.40. The van der Waals surface area contributed by atoms with E-state index in [0.717, 1.165) is 24.3 Å². The van der Waals surface area contributed by atoms with E-state index in [-0.39, 0.29) is 26.7 Å². The normalized spacial score (nSPS) is 13.5. The van der Waals surface area contributed by atoms with Crippen molar-refractivity contribution in [2.75, 3.05) is 0 Å². The summed E-state index contributed by atoms with van der Waals surface area (Å²) < 4.78 is 80.1. The fraction of sp³-hybridized carbons (Fsp3) is 0.150. The lowest BCUT2D eigenvalue weighted by atomic mass is 9.94. The third-order valence-corrected chi connectivity index (χ3v) is 4.89. The van der Waals surface area contributed by atoms with E-state index < -0.39 is 35.4 Å². The van der Waals surface area contributed by atoms with E-state index in [0.29, 0.717) is 18.2 Å². The minimum absolute atomic E-state index is 0.0133. The zero-order valence-electron chi connectivity index (χ0n) is 14.8. The molecule has 1 atom stereocenters. The second kappa shape index (κ2) is 8.73. The zero-order valence-corrected chi connectivity index (χ0v) is 16.3. The van der Waals surface area contributed by atoms with Gasteiger partial charge in [0.05, 0.1) is 27.1 Å². The maximum Gasteiger partial charge on any atom is 0.417 e. The number of hydrogen-bond donors (Lipinski definition) is 1. The Morgan fingerprint density at radius 2 is 1.70 bits per heavy atom. The number of benzene rings is 2. The van der Waals surface area contributed by atoms with Gasteiger partial charge in [-0.15, -0.1) is 0 Å². The molecule has 0 saturated carbocycles. The van der Waals surface area contributed by atoms with Crippen molar-refractivity contribution in [1.29, 1.82) is 0 Å². The highest BCUT2D eigenvalue weighted by Gasteiger charge is 2.39. The molecule has 0 saturated heterocycles. The summed E-state index contributed by atoms with van der Waals surface area (Å²) >= 11 is 11.8. The van der Waals surface area contributed by atoms with Crippen LogP contribution in [-0.4, -0.2) is 17.3 Å². The lowest BCUT2D eigenvalue weighted by Gasteiger charge is -2.19. The highest BCUT2D eigenvalue weighted by molar-refractivity contribution is 6.43. The van der Waals surface area contributed by atoms with Gasteiger partial charge in [-0.05, 0) is 41.0 Å². The Morgan fingerprint density at radius 3 is 2.20 bits per heavy atom. The topological polar surface area (TPSA) is 37.3 Å². The van der Waals surface area contributed by atoms with E-state index in [9.17, 15) is 31.1 Å². The van der Waals surface area contributed by atoms with Crippen molar-refractivity contribution in [2.24, 2.45) is 0 Å². The van der Waals surface area contributed by atoms with Crippen molar-refractivity contribution in [3.05, 3.63) is 80.8 Å². The van der Waals surface area contributed by atoms with E-state index in [4.69, 9.17) is 28.3 Å². The molecule has 2 aromatic carbocycles. The number of carboxylic acid groups (broad SMARTS) is 1. The first-order valence-electron chi connectivity index (χ1n) is 8.06. The lowest BCUT2D eigenvalue weighted by molar-refractivity contribution is -0.139. The van der Waals surface area contributed by atoms with Crippen LogP contribution in [0.2, 0.25) is 10.0 Å². The van der Waals surface area contributed by atoms with E-state index in [1.165, 1.54) is 6.08 Å². The molecule has 0 radical (unpaired) electrons. The third kappa shape index (κ3) is 5.37. The molecule has 0 amide bonds. The van der Waals surface area contributed by atoms with Gasteiger partial charge in [0.1, 0.15) is 0 Å². The van der Waals surface area contributed by atoms with Crippen LogP contribution in [0.3, 0.4) is 0 Å². The van der Waals surface area contributed by atoms with Crippen LogP contribution in [0.15, 0.2) is 43.0 Å². The lowest BCUT2D eigenvalue weighted by Crippen LogP contribution is -2.19. The second-order valence-electron chi connectivity index (χ2n) is 6.10. The summed E-state index contributed by atoms with van der Waals surface area (Å²) in [6, 6.07) is 4.26. The molecular weight excluding hydrogens is 457 g/mol.